The molecule has 0 unspecified atom stereocenters. The summed E-state index contributed by atoms with van der Waals surface area (Å²) in [5, 5.41) is 3.47. The van der Waals surface area contributed by atoms with Gasteiger partial charge in [-0.1, -0.05) is 24.3 Å². The Balaban J connectivity index is 2.20. The number of thiazole rings is 1. The van der Waals surface area contributed by atoms with E-state index in [2.05, 4.69) is 15.3 Å². The molecule has 0 bridgehead atoms. The number of anilines is 2. The molecule has 0 saturated heterocycles. The third-order valence-corrected chi connectivity index (χ3v) is 5.78. The van der Waals surface area contributed by atoms with E-state index in [4.69, 9.17) is 0 Å². The molecule has 0 atom stereocenters. The zero-order chi connectivity index (χ0) is 13.9. The predicted octanol–water partition coefficient (Wildman–Crippen LogP) is 1.92. The second-order valence-electron chi connectivity index (χ2n) is 3.74. The standard InChI is InChI=1S/C11H14N4O2S2/c1-3-15(2)19(16,17)10-8-13-11(18-10)14-9-6-4-5-7-12-9/h4-8H,3H2,1-2H3,(H,12,13,14). The molecule has 2 aromatic rings. The van der Waals surface area contributed by atoms with Gasteiger partial charge in [-0.2, -0.15) is 0 Å². The third kappa shape index (κ3) is 3.09. The normalized spacial score (nSPS) is 11.7. The second-order valence-corrected chi connectivity index (χ2v) is 7.05. The van der Waals surface area contributed by atoms with Crippen LogP contribution in [0.4, 0.5) is 10.9 Å². The number of pyridine rings is 1. The van der Waals surface area contributed by atoms with Crippen LogP contribution in [-0.4, -0.2) is 36.3 Å². The van der Waals surface area contributed by atoms with Gasteiger partial charge in [0.2, 0.25) is 0 Å². The van der Waals surface area contributed by atoms with Gasteiger partial charge < -0.3 is 5.32 Å². The second kappa shape index (κ2) is 5.64. The average Bonchev–Trinajstić information content (AvgIpc) is 2.88. The highest BCUT2D eigenvalue weighted by molar-refractivity contribution is 7.91. The lowest BCUT2D eigenvalue weighted by molar-refractivity contribution is 0.488. The molecule has 0 saturated carbocycles. The maximum Gasteiger partial charge on any atom is 0.253 e. The van der Waals surface area contributed by atoms with Crippen LogP contribution in [0.2, 0.25) is 0 Å². The Morgan fingerprint density at radius 2 is 2.16 bits per heavy atom. The van der Waals surface area contributed by atoms with Crippen molar-refractivity contribution in [3.05, 3.63) is 30.6 Å². The summed E-state index contributed by atoms with van der Waals surface area (Å²) >= 11 is 1.09. The summed E-state index contributed by atoms with van der Waals surface area (Å²) in [5.41, 5.74) is 0. The summed E-state index contributed by atoms with van der Waals surface area (Å²) in [6.45, 7) is 2.20. The van der Waals surface area contributed by atoms with Gasteiger partial charge in [-0.25, -0.2) is 22.7 Å². The monoisotopic (exact) mass is 298 g/mol. The lowest BCUT2D eigenvalue weighted by Crippen LogP contribution is -2.25. The number of hydrogen-bond donors (Lipinski definition) is 1. The molecule has 0 fully saturated rings. The molecular formula is C11H14N4O2S2. The zero-order valence-corrected chi connectivity index (χ0v) is 12.2. The van der Waals surface area contributed by atoms with Gasteiger partial charge in [0.1, 0.15) is 5.82 Å². The summed E-state index contributed by atoms with van der Waals surface area (Å²) in [6, 6.07) is 5.43. The van der Waals surface area contributed by atoms with Crippen molar-refractivity contribution in [2.45, 2.75) is 11.1 Å². The lowest BCUT2D eigenvalue weighted by Gasteiger charge is -2.12. The van der Waals surface area contributed by atoms with Crippen molar-refractivity contribution >= 4 is 32.3 Å². The Morgan fingerprint density at radius 1 is 1.37 bits per heavy atom. The van der Waals surface area contributed by atoms with Gasteiger partial charge in [-0.3, -0.25) is 0 Å². The number of nitrogens with one attached hydrogen (secondary N) is 1. The fraction of sp³-hybridized carbons (Fsp3) is 0.273. The number of nitrogens with zero attached hydrogens (tertiary/aromatic N) is 3. The first kappa shape index (κ1) is 13.9. The predicted molar refractivity (Wildman–Crippen MR) is 75.1 cm³/mol. The summed E-state index contributed by atoms with van der Waals surface area (Å²) in [7, 11) is -1.89. The fourth-order valence-corrected chi connectivity index (χ4v) is 3.74. The smallest absolute Gasteiger partial charge is 0.253 e. The van der Waals surface area contributed by atoms with Crippen molar-refractivity contribution in [3.8, 4) is 0 Å². The molecule has 0 aliphatic rings. The minimum absolute atomic E-state index is 0.218. The minimum atomic E-state index is -3.43. The van der Waals surface area contributed by atoms with Gasteiger partial charge in [-0.15, -0.1) is 0 Å². The molecule has 1 N–H and O–H groups in total. The van der Waals surface area contributed by atoms with E-state index in [1.54, 1.807) is 32.3 Å². The number of sulfonamides is 1. The van der Waals surface area contributed by atoms with E-state index in [1.807, 2.05) is 6.07 Å². The van der Waals surface area contributed by atoms with Crippen molar-refractivity contribution in [2.24, 2.45) is 0 Å². The Labute approximate surface area is 116 Å². The fourth-order valence-electron chi connectivity index (χ4n) is 1.31. The summed E-state index contributed by atoms with van der Waals surface area (Å²) < 4.78 is 25.7. The molecule has 2 heterocycles. The molecule has 0 radical (unpaired) electrons. The van der Waals surface area contributed by atoms with Crippen LogP contribution in [0.15, 0.2) is 34.8 Å². The van der Waals surface area contributed by atoms with Gasteiger partial charge in [0.25, 0.3) is 10.0 Å². The average molecular weight is 298 g/mol. The first-order chi connectivity index (χ1) is 9.04. The van der Waals surface area contributed by atoms with Gasteiger partial charge in [0.05, 0.1) is 6.20 Å². The molecule has 6 nitrogen and oxygen atoms in total. The topological polar surface area (TPSA) is 75.2 Å². The highest BCUT2D eigenvalue weighted by Gasteiger charge is 2.22. The van der Waals surface area contributed by atoms with E-state index in [0.29, 0.717) is 17.5 Å². The zero-order valence-electron chi connectivity index (χ0n) is 10.6. The molecule has 2 aromatic heterocycles. The quantitative estimate of drug-likeness (QED) is 0.912. The third-order valence-electron chi connectivity index (χ3n) is 2.49. The molecule has 0 amide bonds. The van der Waals surface area contributed by atoms with Crippen molar-refractivity contribution < 1.29 is 8.42 Å². The van der Waals surface area contributed by atoms with Crippen LogP contribution in [0.25, 0.3) is 0 Å². The van der Waals surface area contributed by atoms with Gasteiger partial charge >= 0.3 is 0 Å². The van der Waals surface area contributed by atoms with E-state index in [9.17, 15) is 8.42 Å². The van der Waals surface area contributed by atoms with Crippen LogP contribution in [0.1, 0.15) is 6.92 Å². The summed E-state index contributed by atoms with van der Waals surface area (Å²) in [5.74, 6) is 0.629. The van der Waals surface area contributed by atoms with Crippen LogP contribution in [0.5, 0.6) is 0 Å². The Kier molecular flexibility index (Phi) is 4.13. The molecule has 19 heavy (non-hydrogen) atoms. The Morgan fingerprint density at radius 3 is 2.79 bits per heavy atom. The van der Waals surface area contributed by atoms with Crippen molar-refractivity contribution in [2.75, 3.05) is 18.9 Å². The minimum Gasteiger partial charge on any atom is -0.316 e. The van der Waals surface area contributed by atoms with Crippen LogP contribution in [-0.2, 0) is 10.0 Å². The lowest BCUT2D eigenvalue weighted by atomic mass is 10.5. The first-order valence-corrected chi connectivity index (χ1v) is 7.90. The van der Waals surface area contributed by atoms with Crippen LogP contribution in [0.3, 0.4) is 0 Å². The highest BCUT2D eigenvalue weighted by atomic mass is 32.2. The van der Waals surface area contributed by atoms with Crippen LogP contribution in [0, 0.1) is 0 Å². The van der Waals surface area contributed by atoms with Crippen LogP contribution >= 0.6 is 11.3 Å². The Bertz CT molecular complexity index is 640. The van der Waals surface area contributed by atoms with E-state index < -0.39 is 10.0 Å². The molecule has 0 aliphatic heterocycles. The molecule has 0 aliphatic carbocycles. The SMILES string of the molecule is CCN(C)S(=O)(=O)c1cnc(Nc2ccccn2)s1. The number of aromatic nitrogens is 2. The molecule has 102 valence electrons. The van der Waals surface area contributed by atoms with Crippen molar-refractivity contribution in [1.82, 2.24) is 14.3 Å². The van der Waals surface area contributed by atoms with E-state index in [1.165, 1.54) is 10.5 Å². The number of hydrogen-bond acceptors (Lipinski definition) is 6. The molecular weight excluding hydrogens is 284 g/mol. The van der Waals surface area contributed by atoms with Gasteiger partial charge in [0, 0.05) is 19.8 Å². The summed E-state index contributed by atoms with van der Waals surface area (Å²) in [4.78, 5) is 8.15. The maximum absolute atomic E-state index is 12.1. The van der Waals surface area contributed by atoms with Crippen molar-refractivity contribution in [3.63, 3.8) is 0 Å². The van der Waals surface area contributed by atoms with Gasteiger partial charge in [-0.05, 0) is 12.1 Å². The van der Waals surface area contributed by atoms with Crippen LogP contribution < -0.4 is 5.32 Å². The van der Waals surface area contributed by atoms with E-state index in [0.717, 1.165) is 11.3 Å². The molecule has 0 aromatic carbocycles. The highest BCUT2D eigenvalue weighted by Crippen LogP contribution is 2.26. The van der Waals surface area contributed by atoms with Crippen molar-refractivity contribution in [1.29, 1.82) is 0 Å². The van der Waals surface area contributed by atoms with Gasteiger partial charge in [0.15, 0.2) is 9.34 Å². The summed E-state index contributed by atoms with van der Waals surface area (Å²) in [6.07, 6.45) is 3.01. The Hall–Kier alpha value is -1.51. The molecule has 8 heteroatoms. The number of rotatable bonds is 5. The molecule has 0 spiro atoms. The largest absolute Gasteiger partial charge is 0.316 e. The van der Waals surface area contributed by atoms with E-state index in [-0.39, 0.29) is 4.21 Å². The maximum atomic E-state index is 12.1. The molecule has 2 rings (SSSR count). The first-order valence-electron chi connectivity index (χ1n) is 5.64. The van der Waals surface area contributed by atoms with E-state index >= 15 is 0 Å².